The summed E-state index contributed by atoms with van der Waals surface area (Å²) in [4.78, 5) is 60.6. The van der Waals surface area contributed by atoms with E-state index in [4.69, 9.17) is 22.1 Å². The highest BCUT2D eigenvalue weighted by molar-refractivity contribution is 6.30. The van der Waals surface area contributed by atoms with Crippen LogP contribution in [0.2, 0.25) is 5.02 Å². The summed E-state index contributed by atoms with van der Waals surface area (Å²) in [6.45, 7) is 6.12. The van der Waals surface area contributed by atoms with E-state index < -0.39 is 11.4 Å². The number of amides is 3. The molecule has 330 valence electrons. The fourth-order valence-corrected chi connectivity index (χ4v) is 10.2. The molecule has 1 saturated carbocycles. The van der Waals surface area contributed by atoms with Crippen molar-refractivity contribution < 1.29 is 23.5 Å². The fourth-order valence-electron chi connectivity index (χ4n) is 10.0. The Morgan fingerprint density at radius 2 is 1.61 bits per heavy atom. The van der Waals surface area contributed by atoms with Gasteiger partial charge in [-0.25, -0.2) is 14.4 Å². The van der Waals surface area contributed by atoms with Crippen LogP contribution in [0.4, 0.5) is 10.2 Å². The number of aromatic nitrogens is 3. The number of anilines is 1. The van der Waals surface area contributed by atoms with Crippen LogP contribution in [0.1, 0.15) is 104 Å². The molecule has 2 atom stereocenters. The molecule has 2 aromatic heterocycles. The van der Waals surface area contributed by atoms with Gasteiger partial charge in [0.05, 0.1) is 34.7 Å². The van der Waals surface area contributed by atoms with Gasteiger partial charge in [-0.2, -0.15) is 0 Å². The average Bonchev–Trinajstić information content (AvgIpc) is 4.04. The summed E-state index contributed by atoms with van der Waals surface area (Å²) >= 11 is 6.26. The number of hydrogen-bond acceptors (Lipinski definition) is 9. The van der Waals surface area contributed by atoms with Gasteiger partial charge >= 0.3 is 0 Å². The van der Waals surface area contributed by atoms with E-state index >= 15 is 4.39 Å². The molecule has 6 heterocycles. The number of nitrogens with zero attached hydrogens (tertiary/aromatic N) is 6. The Balaban J connectivity index is 0.732. The third-order valence-electron chi connectivity index (χ3n) is 14.1. The zero-order chi connectivity index (χ0) is 42.8. The summed E-state index contributed by atoms with van der Waals surface area (Å²) in [6.07, 6.45) is 12.2. The van der Waals surface area contributed by atoms with Gasteiger partial charge in [0, 0.05) is 82.0 Å². The zero-order valence-electron chi connectivity index (χ0n) is 35.5. The molecule has 13 nitrogen and oxygen atoms in total. The number of benzene rings is 2. The first-order valence-corrected chi connectivity index (χ1v) is 23.1. The van der Waals surface area contributed by atoms with Crippen LogP contribution in [0.5, 0.6) is 0 Å². The first-order valence-electron chi connectivity index (χ1n) is 22.7. The number of carbonyl (C=O) groups excluding carboxylic acids is 3. The van der Waals surface area contributed by atoms with Crippen molar-refractivity contribution in [2.24, 2.45) is 11.7 Å². The molecule has 62 heavy (non-hydrogen) atoms. The molecule has 5 fully saturated rings. The number of nitrogens with two attached hydrogens (primary N) is 1. The van der Waals surface area contributed by atoms with Gasteiger partial charge in [0.2, 0.25) is 11.8 Å². The first-order chi connectivity index (χ1) is 30.1. The van der Waals surface area contributed by atoms with E-state index in [-0.39, 0.29) is 53.4 Å². The van der Waals surface area contributed by atoms with Crippen LogP contribution in [0.25, 0.3) is 11.0 Å². The van der Waals surface area contributed by atoms with E-state index in [0.29, 0.717) is 69.0 Å². The molecule has 4 saturated heterocycles. The van der Waals surface area contributed by atoms with Gasteiger partial charge in [0.1, 0.15) is 23.6 Å². The van der Waals surface area contributed by atoms with E-state index in [1.807, 2.05) is 41.4 Å². The Kier molecular flexibility index (Phi) is 12.8. The third-order valence-corrected chi connectivity index (χ3v) is 14.3. The van der Waals surface area contributed by atoms with E-state index in [2.05, 4.69) is 30.1 Å². The maximum atomic E-state index is 16.0. The number of hydrogen-bond donors (Lipinski definition) is 3. The van der Waals surface area contributed by atoms with Crippen LogP contribution < -0.4 is 16.0 Å². The summed E-state index contributed by atoms with van der Waals surface area (Å²) in [5.41, 5.74) is 8.31. The highest BCUT2D eigenvalue weighted by Gasteiger charge is 2.40. The van der Waals surface area contributed by atoms with E-state index in [1.165, 1.54) is 0 Å². The van der Waals surface area contributed by atoms with Gasteiger partial charge in [0.25, 0.3) is 5.91 Å². The summed E-state index contributed by atoms with van der Waals surface area (Å²) in [5.74, 6) is 0.260. The van der Waals surface area contributed by atoms with Crippen molar-refractivity contribution in [2.45, 2.75) is 100 Å². The van der Waals surface area contributed by atoms with Crippen LogP contribution >= 0.6 is 11.6 Å². The van der Waals surface area contributed by atoms with Gasteiger partial charge in [-0.15, -0.1) is 0 Å². The standard InChI is InChI=1S/C47H59ClFN9O4/c48-34-10-8-31(9-11-34)40(54-46(61)47(50)18-27-56(28-19-47)43-39-12-20-51-42(39)52-30-53-43)17-24-55-22-13-35(14-23-55)62-36-15-25-57(26-16-36)45(60)38-5-1-4-37(41(38)49)33-3-2-21-58(29-33)44(59)32-6-7-32/h1,4-5,8-12,20,30,32-33,35-36,40H,2-3,6-7,13-19,21-29,50H2,(H,54,61)(H,51,52,53)/t33?,40-/m0/s1. The molecule has 5 aliphatic rings. The molecule has 9 rings (SSSR count). The number of H-pyrrole nitrogens is 1. The summed E-state index contributed by atoms with van der Waals surface area (Å²) in [5, 5.41) is 4.93. The molecular formula is C47H59ClFN9O4. The molecular weight excluding hydrogens is 809 g/mol. The van der Waals surface area contributed by atoms with Gasteiger partial charge < -0.3 is 40.4 Å². The molecule has 15 heteroatoms. The van der Waals surface area contributed by atoms with Crippen molar-refractivity contribution in [3.8, 4) is 0 Å². The third kappa shape index (κ3) is 9.48. The van der Waals surface area contributed by atoms with Crippen molar-refractivity contribution in [1.29, 1.82) is 0 Å². The molecule has 1 unspecified atom stereocenters. The molecule has 3 amide bonds. The lowest BCUT2D eigenvalue weighted by Gasteiger charge is -2.40. The smallest absolute Gasteiger partial charge is 0.256 e. The maximum Gasteiger partial charge on any atom is 0.256 e. The molecule has 0 spiro atoms. The predicted molar refractivity (Wildman–Crippen MR) is 236 cm³/mol. The van der Waals surface area contributed by atoms with Crippen molar-refractivity contribution in [3.05, 3.63) is 88.6 Å². The number of ether oxygens (including phenoxy) is 1. The van der Waals surface area contributed by atoms with Crippen molar-refractivity contribution in [3.63, 3.8) is 0 Å². The van der Waals surface area contributed by atoms with Crippen LogP contribution in [-0.4, -0.2) is 124 Å². The summed E-state index contributed by atoms with van der Waals surface area (Å²) in [6, 6.07) is 14.6. The minimum absolute atomic E-state index is 0.0552. The van der Waals surface area contributed by atoms with Gasteiger partial charge in [-0.1, -0.05) is 35.9 Å². The second kappa shape index (κ2) is 18.6. The lowest BCUT2D eigenvalue weighted by molar-refractivity contribution is -0.133. The van der Waals surface area contributed by atoms with Crippen LogP contribution in [0.3, 0.4) is 0 Å². The largest absolute Gasteiger partial charge is 0.375 e. The number of rotatable bonds is 12. The van der Waals surface area contributed by atoms with Crippen molar-refractivity contribution >= 4 is 46.2 Å². The molecule has 0 radical (unpaired) electrons. The number of aromatic amines is 1. The quantitative estimate of drug-likeness (QED) is 0.151. The summed E-state index contributed by atoms with van der Waals surface area (Å²) < 4.78 is 22.6. The normalized spacial score (nSPS) is 22.2. The van der Waals surface area contributed by atoms with E-state index in [9.17, 15) is 14.4 Å². The van der Waals surface area contributed by atoms with Gasteiger partial charge in [-0.05, 0) is 106 Å². The monoisotopic (exact) mass is 867 g/mol. The SMILES string of the molecule is NC1(C(=O)N[C@@H](CCN2CCC(OC3CCN(C(=O)c4cccc(C5CCCN(C(=O)C6CC6)C5)c4F)CC3)CC2)c2ccc(Cl)cc2)CCN(c2ncnc3[nH]ccc23)CC1. The Hall–Kier alpha value is -4.63. The Morgan fingerprint density at radius 1 is 0.887 bits per heavy atom. The maximum absolute atomic E-state index is 16.0. The number of likely N-dealkylation sites (tertiary alicyclic amines) is 3. The molecule has 1 aliphatic carbocycles. The van der Waals surface area contributed by atoms with E-state index in [0.717, 1.165) is 93.5 Å². The Bertz CT molecular complexity index is 2210. The van der Waals surface area contributed by atoms with Crippen LogP contribution in [-0.2, 0) is 14.3 Å². The van der Waals surface area contributed by atoms with Crippen molar-refractivity contribution in [2.75, 3.05) is 63.8 Å². The van der Waals surface area contributed by atoms with Crippen molar-refractivity contribution in [1.82, 2.24) is 35.0 Å². The topological polar surface area (TPSA) is 153 Å². The predicted octanol–water partition coefficient (Wildman–Crippen LogP) is 6.20. The van der Waals surface area contributed by atoms with Gasteiger partial charge in [0.15, 0.2) is 0 Å². The molecule has 4 N–H and O–H groups in total. The Morgan fingerprint density at radius 3 is 2.34 bits per heavy atom. The minimum atomic E-state index is -0.998. The minimum Gasteiger partial charge on any atom is -0.375 e. The number of nitrogens with one attached hydrogen (secondary N) is 2. The second-order valence-electron chi connectivity index (χ2n) is 18.2. The zero-order valence-corrected chi connectivity index (χ0v) is 36.2. The van der Waals surface area contributed by atoms with Crippen LogP contribution in [0, 0.1) is 11.7 Å². The number of carbonyl (C=O) groups is 3. The first kappa shape index (κ1) is 42.7. The lowest BCUT2D eigenvalue weighted by Crippen LogP contribution is -2.60. The highest BCUT2D eigenvalue weighted by Crippen LogP contribution is 2.36. The van der Waals surface area contributed by atoms with E-state index in [1.54, 1.807) is 29.4 Å². The molecule has 2 aromatic carbocycles. The fraction of sp³-hybridized carbons (Fsp3) is 0.553. The number of piperidine rings is 4. The average molecular weight is 868 g/mol. The second-order valence-corrected chi connectivity index (χ2v) is 18.7. The Labute approximate surface area is 367 Å². The number of halogens is 2. The summed E-state index contributed by atoms with van der Waals surface area (Å²) in [7, 11) is 0. The molecule has 4 aromatic rings. The highest BCUT2D eigenvalue weighted by atomic mass is 35.5. The molecule has 0 bridgehead atoms. The number of fused-ring (bicyclic) bond motifs is 1. The van der Waals surface area contributed by atoms with Crippen LogP contribution in [0.15, 0.2) is 61.1 Å². The molecule has 4 aliphatic heterocycles. The van der Waals surface area contributed by atoms with Gasteiger partial charge in [-0.3, -0.25) is 14.4 Å². The lowest BCUT2D eigenvalue weighted by atomic mass is 9.86.